The van der Waals surface area contributed by atoms with Gasteiger partial charge in [-0.3, -0.25) is 9.13 Å². The average Bonchev–Trinajstić information content (AvgIpc) is 1.55. The van der Waals surface area contributed by atoms with Crippen molar-refractivity contribution in [3.05, 3.63) is 504 Å². The third kappa shape index (κ3) is 13.7. The van der Waals surface area contributed by atoms with Crippen LogP contribution in [0.4, 0.5) is 0 Å². The fourth-order valence-corrected chi connectivity index (χ4v) is 22.0. The lowest BCUT2D eigenvalue weighted by Gasteiger charge is -2.14. The van der Waals surface area contributed by atoms with Crippen LogP contribution in [0.25, 0.3) is 266 Å². The van der Waals surface area contributed by atoms with Crippen molar-refractivity contribution >= 4 is 163 Å². The molecule has 0 saturated heterocycles. The van der Waals surface area contributed by atoms with Crippen molar-refractivity contribution in [1.29, 1.82) is 0 Å². The summed E-state index contributed by atoms with van der Waals surface area (Å²) in [5.74, 6) is 3.71. The van der Waals surface area contributed by atoms with Gasteiger partial charge in [-0.25, -0.2) is 15.0 Å². The Balaban J connectivity index is 0.000000105. The van der Waals surface area contributed by atoms with Crippen LogP contribution in [-0.4, -0.2) is 62.3 Å². The van der Waals surface area contributed by atoms with Gasteiger partial charge in [0.05, 0.1) is 83.3 Å². The van der Waals surface area contributed by atoms with Gasteiger partial charge in [0.1, 0.15) is 0 Å². The van der Waals surface area contributed by atoms with Crippen LogP contribution in [0, 0.1) is 0 Å². The second-order valence-electron chi connectivity index (χ2n) is 36.6. The van der Waals surface area contributed by atoms with Gasteiger partial charge in [-0.05, 0) is 136 Å². The minimum Gasteiger partial charge on any atom is -0.309 e. The Morgan fingerprint density at radius 1 is 0.132 bits per heavy atom. The summed E-state index contributed by atoms with van der Waals surface area (Å²) in [6, 6.07) is 178. The fraction of sp³-hybridized carbons (Fsp3) is 0. The van der Waals surface area contributed by atoms with Gasteiger partial charge in [0, 0.05) is 120 Å². The second kappa shape index (κ2) is 34.2. The van der Waals surface area contributed by atoms with Crippen LogP contribution in [-0.2, 0) is 0 Å². The molecule has 9 heterocycles. The summed E-state index contributed by atoms with van der Waals surface area (Å²) in [5.41, 5.74) is 25.9. The van der Waals surface area contributed by atoms with E-state index < -0.39 is 0 Å². The SMILES string of the molecule is c1ccc(-c2cc(-n3c4cc5c(cc4c4c6ccccc6ccc43)c3ccccc3n5-c3ccccc3)cc(-c3ccccc3)n2)cc1.c1ccc(-c2nc(-c3ccccc3)nc(-n3c4ccccc4c4ccc5c6c7ccccc7ccc6n(-c6ccccc6)c5c43)n2)cc1.c1ccc(-c2nc(-c3ccccc3)nc(-n3c4ccccc4c4ccc5cc6c(cc5c43)c3ccccc3n6-c3ccccc3)n2)cc1. The molecule has 0 unspecified atom stereocenters. The molecule has 30 rings (SSSR count). The lowest BCUT2D eigenvalue weighted by Crippen LogP contribution is -2.07. The molecule has 9 aromatic heterocycles. The lowest BCUT2D eigenvalue weighted by atomic mass is 10.0. The molecule has 672 valence electrons. The number of fused-ring (bicyclic) bond motifs is 25. The lowest BCUT2D eigenvalue weighted by molar-refractivity contribution is 0.953. The van der Waals surface area contributed by atoms with Crippen molar-refractivity contribution in [1.82, 2.24) is 62.3 Å². The highest BCUT2D eigenvalue weighted by Crippen LogP contribution is 2.49. The third-order valence-electron chi connectivity index (χ3n) is 28.4. The van der Waals surface area contributed by atoms with Crippen LogP contribution >= 0.6 is 0 Å². The van der Waals surface area contributed by atoms with E-state index in [0.717, 1.165) is 138 Å². The molecule has 0 aliphatic carbocycles. The monoisotopic (exact) mass is 1840 g/mol. The van der Waals surface area contributed by atoms with E-state index in [2.05, 4.69) is 434 Å². The van der Waals surface area contributed by atoms with E-state index in [1.807, 2.05) is 97.1 Å². The summed E-state index contributed by atoms with van der Waals surface area (Å²) < 4.78 is 14.1. The molecule has 0 aliphatic heterocycles. The third-order valence-corrected chi connectivity index (χ3v) is 28.4. The minimum absolute atomic E-state index is 0.580. The molecule has 0 bridgehead atoms. The summed E-state index contributed by atoms with van der Waals surface area (Å²) in [6.07, 6.45) is 0. The van der Waals surface area contributed by atoms with E-state index in [1.54, 1.807) is 0 Å². The predicted molar refractivity (Wildman–Crippen MR) is 595 cm³/mol. The van der Waals surface area contributed by atoms with Crippen molar-refractivity contribution in [2.24, 2.45) is 0 Å². The fourth-order valence-electron chi connectivity index (χ4n) is 22.0. The molecule has 0 aliphatic rings. The molecule has 0 radical (unpaired) electrons. The van der Waals surface area contributed by atoms with Gasteiger partial charge < -0.3 is 18.3 Å². The first-order valence-corrected chi connectivity index (χ1v) is 48.7. The number of nitrogens with zero attached hydrogens (tertiary/aromatic N) is 13. The van der Waals surface area contributed by atoms with Gasteiger partial charge in [-0.15, -0.1) is 0 Å². The molecule has 0 N–H and O–H groups in total. The topological polar surface area (TPSA) is 120 Å². The molecule has 21 aromatic carbocycles. The Labute approximate surface area is 826 Å². The first-order chi connectivity index (χ1) is 71.5. The summed E-state index contributed by atoms with van der Waals surface area (Å²) in [7, 11) is 0. The highest BCUT2D eigenvalue weighted by molar-refractivity contribution is 6.30. The number of pyridine rings is 1. The summed E-state index contributed by atoms with van der Waals surface area (Å²) in [5, 5.41) is 21.7. The normalized spacial score (nSPS) is 11.8. The number of hydrogen-bond acceptors (Lipinski definition) is 7. The number of rotatable bonds is 12. The number of hydrogen-bond donors (Lipinski definition) is 0. The van der Waals surface area contributed by atoms with E-state index in [0.29, 0.717) is 35.2 Å². The van der Waals surface area contributed by atoms with Crippen LogP contribution in [0.15, 0.2) is 504 Å². The molecule has 13 nitrogen and oxygen atoms in total. The van der Waals surface area contributed by atoms with Gasteiger partial charge in [-0.1, -0.05) is 394 Å². The molecule has 0 spiro atoms. The summed E-state index contributed by atoms with van der Waals surface area (Å²) >= 11 is 0. The van der Waals surface area contributed by atoms with Crippen LogP contribution in [0.2, 0.25) is 0 Å². The number of aromatic nitrogens is 13. The van der Waals surface area contributed by atoms with Gasteiger partial charge in [0.25, 0.3) is 0 Å². The smallest absolute Gasteiger partial charge is 0.238 e. The first-order valence-electron chi connectivity index (χ1n) is 48.7. The zero-order valence-electron chi connectivity index (χ0n) is 77.7. The largest absolute Gasteiger partial charge is 0.309 e. The van der Waals surface area contributed by atoms with E-state index in [4.69, 9.17) is 34.9 Å². The van der Waals surface area contributed by atoms with Gasteiger partial charge in [-0.2, -0.15) is 19.9 Å². The minimum atomic E-state index is 0.580. The molecular formula is C131H83N13. The Morgan fingerprint density at radius 2 is 0.424 bits per heavy atom. The zero-order chi connectivity index (χ0) is 94.8. The quantitative estimate of drug-likeness (QED) is 0.119. The van der Waals surface area contributed by atoms with E-state index in [9.17, 15) is 0 Å². The van der Waals surface area contributed by atoms with Crippen molar-refractivity contribution in [2.75, 3.05) is 0 Å². The molecule has 13 heteroatoms. The Bertz CT molecular complexity index is 10100. The summed E-state index contributed by atoms with van der Waals surface area (Å²) in [6.45, 7) is 0. The van der Waals surface area contributed by atoms with Gasteiger partial charge in [0.15, 0.2) is 23.3 Å². The van der Waals surface area contributed by atoms with Crippen LogP contribution in [0.3, 0.4) is 0 Å². The molecule has 0 fully saturated rings. The molecule has 0 atom stereocenters. The van der Waals surface area contributed by atoms with Crippen LogP contribution < -0.4 is 0 Å². The molecule has 30 aromatic rings. The summed E-state index contributed by atoms with van der Waals surface area (Å²) in [4.78, 5) is 36.0. The Hall–Kier alpha value is -19.6. The number of benzene rings is 21. The van der Waals surface area contributed by atoms with Crippen molar-refractivity contribution in [3.63, 3.8) is 0 Å². The van der Waals surface area contributed by atoms with Crippen molar-refractivity contribution in [3.8, 4) is 103 Å². The van der Waals surface area contributed by atoms with Crippen LogP contribution in [0.5, 0.6) is 0 Å². The Morgan fingerprint density at radius 3 is 0.861 bits per heavy atom. The van der Waals surface area contributed by atoms with Gasteiger partial charge in [0.2, 0.25) is 11.9 Å². The van der Waals surface area contributed by atoms with Crippen molar-refractivity contribution in [2.45, 2.75) is 0 Å². The Kier molecular flexibility index (Phi) is 19.6. The standard InChI is InChI=1S/C45H29N3.2C43H27N5/c1-4-15-31(16-5-1)39-26-34(27-40(46-39)32-17-6-2-7-18-32)48-42-25-24-30-14-10-11-21-35(30)45(42)38-28-37-36-22-12-13-23-41(36)47(43(37)29-44(38)48)33-19-8-3-9-20-33;1-4-14-28(15-5-1)41-44-42(29-16-6-2-7-17-29)46-43(45-41)48-38-23-13-10-20-32(38)34-25-24-30-26-39-36(27-35(30)40(34)48)33-21-11-12-22-37(33)47(39)31-18-8-3-9-19-31;1-4-15-29(16-5-1)41-44-42(30-17-6-2-7-18-30)46-43(45-41)48-36-23-13-12-22-33(36)34-25-26-35-38-32-21-11-10-14-28(32)24-27-37(38)47(40(35)39(34)48)31-19-8-3-9-20-31/h1-29H;2*1-27H. The molecule has 144 heavy (non-hydrogen) atoms. The second-order valence-corrected chi connectivity index (χ2v) is 36.6. The predicted octanol–water partition coefficient (Wildman–Crippen LogP) is 32.9. The maximum atomic E-state index is 5.22. The molecular weight excluding hydrogens is 1760 g/mol. The van der Waals surface area contributed by atoms with E-state index >= 15 is 0 Å². The number of para-hydroxylation sites is 7. The average molecular weight is 1840 g/mol. The van der Waals surface area contributed by atoms with E-state index in [-0.39, 0.29) is 0 Å². The maximum Gasteiger partial charge on any atom is 0.238 e. The van der Waals surface area contributed by atoms with Gasteiger partial charge >= 0.3 is 0 Å². The highest BCUT2D eigenvalue weighted by atomic mass is 15.2. The first kappa shape index (κ1) is 82.6. The zero-order valence-corrected chi connectivity index (χ0v) is 77.7. The molecule has 0 saturated carbocycles. The highest BCUT2D eigenvalue weighted by Gasteiger charge is 2.29. The van der Waals surface area contributed by atoms with E-state index in [1.165, 1.54) is 92.2 Å². The molecule has 0 amide bonds. The van der Waals surface area contributed by atoms with Crippen molar-refractivity contribution < 1.29 is 0 Å². The maximum absolute atomic E-state index is 5.22. The van der Waals surface area contributed by atoms with Crippen LogP contribution in [0.1, 0.15) is 0 Å².